The summed E-state index contributed by atoms with van der Waals surface area (Å²) in [5.74, 6) is -0.512. The Morgan fingerprint density at radius 2 is 2.00 bits per heavy atom. The average molecular weight is 467 g/mol. The lowest BCUT2D eigenvalue weighted by Gasteiger charge is -2.25. The molecular formula is C22H27ClN2O5S. The number of hydrogen-bond acceptors (Lipinski definition) is 5. The molecule has 0 radical (unpaired) electrons. The number of amides is 1. The average Bonchev–Trinajstić information content (AvgIpc) is 2.77. The molecule has 2 atom stereocenters. The molecule has 2 unspecified atom stereocenters. The highest BCUT2D eigenvalue weighted by atomic mass is 35.5. The van der Waals surface area contributed by atoms with Gasteiger partial charge < -0.3 is 14.8 Å². The molecule has 168 valence electrons. The Bertz CT molecular complexity index is 976. The Morgan fingerprint density at radius 1 is 1.23 bits per heavy atom. The van der Waals surface area contributed by atoms with Crippen molar-refractivity contribution < 1.29 is 22.7 Å². The smallest absolute Gasteiger partial charge is 0.244 e. The number of ether oxygens (including phenoxy) is 2. The molecule has 0 aromatic heterocycles. The van der Waals surface area contributed by atoms with Crippen molar-refractivity contribution in [3.8, 4) is 0 Å². The van der Waals surface area contributed by atoms with Crippen LogP contribution in [0.1, 0.15) is 31.7 Å². The summed E-state index contributed by atoms with van der Waals surface area (Å²) in [6, 6.07) is 12.0. The van der Waals surface area contributed by atoms with Crippen LogP contribution in [0, 0.1) is 0 Å². The van der Waals surface area contributed by atoms with Crippen molar-refractivity contribution in [3.05, 3.63) is 59.1 Å². The number of aryl methyl sites for hydroxylation is 1. The van der Waals surface area contributed by atoms with Gasteiger partial charge in [-0.25, -0.2) is 8.42 Å². The van der Waals surface area contributed by atoms with Crippen LogP contribution in [0.25, 0.3) is 0 Å². The monoisotopic (exact) mass is 466 g/mol. The van der Waals surface area contributed by atoms with E-state index in [4.69, 9.17) is 21.1 Å². The van der Waals surface area contributed by atoms with E-state index in [2.05, 4.69) is 10.0 Å². The fraction of sp³-hybridized carbons (Fsp3) is 0.409. The van der Waals surface area contributed by atoms with Gasteiger partial charge in [-0.1, -0.05) is 30.7 Å². The number of sulfonamides is 1. The van der Waals surface area contributed by atoms with E-state index in [-0.39, 0.29) is 11.5 Å². The summed E-state index contributed by atoms with van der Waals surface area (Å²) in [7, 11) is -3.97. The molecule has 1 aliphatic heterocycles. The van der Waals surface area contributed by atoms with Crippen molar-refractivity contribution >= 4 is 33.2 Å². The van der Waals surface area contributed by atoms with Gasteiger partial charge in [0.05, 0.1) is 11.5 Å². The van der Waals surface area contributed by atoms with Crippen LogP contribution in [-0.2, 0) is 30.7 Å². The molecule has 2 N–H and O–H groups in total. The summed E-state index contributed by atoms with van der Waals surface area (Å²) in [5, 5.41) is 3.20. The third-order valence-corrected chi connectivity index (χ3v) is 6.67. The quantitative estimate of drug-likeness (QED) is 0.587. The highest BCUT2D eigenvalue weighted by Gasteiger charge is 2.28. The van der Waals surface area contributed by atoms with Gasteiger partial charge in [-0.05, 0) is 67.6 Å². The fourth-order valence-electron chi connectivity index (χ4n) is 3.18. The molecule has 1 aliphatic rings. The zero-order chi connectivity index (χ0) is 22.3. The molecule has 0 saturated carbocycles. The van der Waals surface area contributed by atoms with Crippen molar-refractivity contribution in [2.45, 2.75) is 49.8 Å². The van der Waals surface area contributed by atoms with Crippen LogP contribution in [0.5, 0.6) is 0 Å². The van der Waals surface area contributed by atoms with Gasteiger partial charge in [-0.3, -0.25) is 4.79 Å². The minimum Gasteiger partial charge on any atom is -0.353 e. The second kappa shape index (κ2) is 11.1. The number of carbonyl (C=O) groups excluding carboxylic acids is 1. The van der Waals surface area contributed by atoms with Gasteiger partial charge in [0.2, 0.25) is 15.9 Å². The first kappa shape index (κ1) is 23.7. The Balaban J connectivity index is 1.75. The van der Waals surface area contributed by atoms with Gasteiger partial charge in [0.25, 0.3) is 0 Å². The molecule has 9 heteroatoms. The van der Waals surface area contributed by atoms with Crippen molar-refractivity contribution in [1.82, 2.24) is 4.72 Å². The normalized spacial score (nSPS) is 17.8. The van der Waals surface area contributed by atoms with E-state index in [9.17, 15) is 13.2 Å². The molecule has 1 saturated heterocycles. The van der Waals surface area contributed by atoms with Crippen molar-refractivity contribution in [3.63, 3.8) is 0 Å². The number of rotatable bonds is 9. The molecule has 1 fully saturated rings. The van der Waals surface area contributed by atoms with Crippen LogP contribution in [0.4, 0.5) is 5.69 Å². The molecule has 7 nitrogen and oxygen atoms in total. The predicted molar refractivity (Wildman–Crippen MR) is 120 cm³/mol. The van der Waals surface area contributed by atoms with E-state index < -0.39 is 28.3 Å². The van der Waals surface area contributed by atoms with E-state index in [1.807, 2.05) is 25.1 Å². The van der Waals surface area contributed by atoms with Crippen LogP contribution in [0.3, 0.4) is 0 Å². The van der Waals surface area contributed by atoms with Crippen LogP contribution in [0.15, 0.2) is 53.4 Å². The number of carbonyl (C=O) groups is 1. The van der Waals surface area contributed by atoms with Crippen molar-refractivity contribution in [1.29, 1.82) is 0 Å². The lowest BCUT2D eigenvalue weighted by Crippen LogP contribution is -2.47. The van der Waals surface area contributed by atoms with Crippen LogP contribution in [-0.4, -0.2) is 39.9 Å². The molecule has 0 bridgehead atoms. The highest BCUT2D eigenvalue weighted by molar-refractivity contribution is 7.89. The zero-order valence-corrected chi connectivity index (χ0v) is 18.9. The Hall–Kier alpha value is -1.97. The molecule has 2 aromatic carbocycles. The van der Waals surface area contributed by atoms with E-state index >= 15 is 0 Å². The summed E-state index contributed by atoms with van der Waals surface area (Å²) in [5.41, 5.74) is 1.65. The number of halogens is 1. The predicted octanol–water partition coefficient (Wildman–Crippen LogP) is 3.73. The summed E-state index contributed by atoms with van der Waals surface area (Å²) in [6.07, 6.45) is 2.99. The largest absolute Gasteiger partial charge is 0.353 e. The number of nitrogens with one attached hydrogen (secondary N) is 2. The van der Waals surface area contributed by atoms with Gasteiger partial charge in [0.15, 0.2) is 6.29 Å². The minimum atomic E-state index is -3.97. The van der Waals surface area contributed by atoms with E-state index in [0.717, 1.165) is 24.8 Å². The van der Waals surface area contributed by atoms with Gasteiger partial charge >= 0.3 is 0 Å². The maximum Gasteiger partial charge on any atom is 0.244 e. The third-order valence-electron chi connectivity index (χ3n) is 4.93. The minimum absolute atomic E-state index is 0.0107. The fourth-order valence-corrected chi connectivity index (χ4v) is 4.48. The topological polar surface area (TPSA) is 93.7 Å². The first-order valence-electron chi connectivity index (χ1n) is 10.3. The van der Waals surface area contributed by atoms with Crippen molar-refractivity contribution in [2.75, 3.05) is 18.5 Å². The molecule has 31 heavy (non-hydrogen) atoms. The lowest BCUT2D eigenvalue weighted by molar-refractivity contribution is -0.166. The molecule has 0 aliphatic carbocycles. The molecule has 1 amide bonds. The molecule has 0 spiro atoms. The van der Waals surface area contributed by atoms with Gasteiger partial charge in [0.1, 0.15) is 6.04 Å². The maximum absolute atomic E-state index is 13.0. The maximum atomic E-state index is 13.0. The SMILES string of the molecule is CCc1cccc(NC(=O)C(COC2CCCCO2)NS(=O)(=O)c2ccc(Cl)cc2)c1. The Labute approximate surface area is 188 Å². The van der Waals surface area contributed by atoms with E-state index in [1.165, 1.54) is 24.3 Å². The first-order chi connectivity index (χ1) is 14.9. The van der Waals surface area contributed by atoms with Crippen molar-refractivity contribution in [2.24, 2.45) is 0 Å². The summed E-state index contributed by atoms with van der Waals surface area (Å²) < 4.78 is 39.4. The lowest BCUT2D eigenvalue weighted by atomic mass is 10.1. The zero-order valence-electron chi connectivity index (χ0n) is 17.3. The van der Waals surface area contributed by atoms with E-state index in [0.29, 0.717) is 23.7 Å². The van der Waals surface area contributed by atoms with Crippen LogP contribution in [0.2, 0.25) is 5.02 Å². The molecule has 3 rings (SSSR count). The third kappa shape index (κ3) is 7.02. The molecule has 2 aromatic rings. The standard InChI is InChI=1S/C22H27ClN2O5S/c1-2-16-6-5-7-18(14-16)24-22(26)20(15-30-21-8-3-4-13-29-21)25-31(27,28)19-11-9-17(23)10-12-19/h5-7,9-12,14,20-21,25H,2-4,8,13,15H2,1H3,(H,24,26). The summed E-state index contributed by atoms with van der Waals surface area (Å²) >= 11 is 5.86. The second-order valence-corrected chi connectivity index (χ2v) is 9.45. The Kier molecular flexibility index (Phi) is 8.45. The van der Waals surface area contributed by atoms with Crippen LogP contribution >= 0.6 is 11.6 Å². The number of hydrogen-bond donors (Lipinski definition) is 2. The molecule has 1 heterocycles. The highest BCUT2D eigenvalue weighted by Crippen LogP contribution is 2.17. The van der Waals surface area contributed by atoms with Crippen LogP contribution < -0.4 is 10.0 Å². The molecular weight excluding hydrogens is 440 g/mol. The summed E-state index contributed by atoms with van der Waals surface area (Å²) in [6.45, 7) is 2.45. The number of anilines is 1. The van der Waals surface area contributed by atoms with Gasteiger partial charge in [-0.15, -0.1) is 0 Å². The van der Waals surface area contributed by atoms with Gasteiger partial charge in [0, 0.05) is 17.3 Å². The summed E-state index contributed by atoms with van der Waals surface area (Å²) in [4.78, 5) is 13.0. The first-order valence-corrected chi connectivity index (χ1v) is 12.1. The second-order valence-electron chi connectivity index (χ2n) is 7.30. The Morgan fingerprint density at radius 3 is 2.68 bits per heavy atom. The number of benzene rings is 2. The van der Waals surface area contributed by atoms with E-state index in [1.54, 1.807) is 6.07 Å². The van der Waals surface area contributed by atoms with Gasteiger partial charge in [-0.2, -0.15) is 4.72 Å².